The largest absolute Gasteiger partial charge is 0.342 e. The van der Waals surface area contributed by atoms with Gasteiger partial charge in [0.05, 0.1) is 0 Å². The second-order valence-electron chi connectivity index (χ2n) is 8.83. The summed E-state index contributed by atoms with van der Waals surface area (Å²) in [7, 11) is 0. The number of carbonyl (C=O) groups is 2. The predicted octanol–water partition coefficient (Wildman–Crippen LogP) is 1.88. The van der Waals surface area contributed by atoms with Crippen LogP contribution < -0.4 is 5.32 Å². The molecule has 0 aromatic carbocycles. The van der Waals surface area contributed by atoms with Gasteiger partial charge in [-0.05, 0) is 63.6 Å². The average Bonchev–Trinajstić information content (AvgIpc) is 3.29. The van der Waals surface area contributed by atoms with Crippen molar-refractivity contribution >= 4 is 24.2 Å². The van der Waals surface area contributed by atoms with Crippen LogP contribution in [0.5, 0.6) is 0 Å². The zero-order chi connectivity index (χ0) is 19.6. The molecule has 29 heavy (non-hydrogen) atoms. The van der Waals surface area contributed by atoms with Gasteiger partial charge in [-0.25, -0.2) is 0 Å². The number of hydrogen-bond acceptors (Lipinski definition) is 4. The Morgan fingerprint density at radius 2 is 1.79 bits per heavy atom. The predicted molar refractivity (Wildman–Crippen MR) is 114 cm³/mol. The van der Waals surface area contributed by atoms with Crippen LogP contribution in [-0.2, 0) is 15.1 Å². The number of carbonyl (C=O) groups excluding carboxylic acids is 2. The molecule has 0 spiro atoms. The van der Waals surface area contributed by atoms with E-state index in [1.54, 1.807) is 6.20 Å². The Hall–Kier alpha value is -1.60. The second kappa shape index (κ2) is 9.47. The van der Waals surface area contributed by atoms with E-state index >= 15 is 0 Å². The van der Waals surface area contributed by atoms with Crippen LogP contribution in [0.25, 0.3) is 0 Å². The summed E-state index contributed by atoms with van der Waals surface area (Å²) in [5, 5.41) is 7.78. The highest BCUT2D eigenvalue weighted by molar-refractivity contribution is 5.86. The molecular weight excluding hydrogens is 390 g/mol. The summed E-state index contributed by atoms with van der Waals surface area (Å²) in [6.07, 6.45) is 9.09. The number of likely N-dealkylation sites (tertiary alicyclic amines) is 2. The lowest BCUT2D eigenvalue weighted by atomic mass is 9.85. The van der Waals surface area contributed by atoms with Crippen LogP contribution >= 0.6 is 12.4 Å². The maximum Gasteiger partial charge on any atom is 0.250 e. The van der Waals surface area contributed by atoms with Crippen molar-refractivity contribution in [2.45, 2.75) is 51.0 Å². The van der Waals surface area contributed by atoms with Crippen LogP contribution in [0.1, 0.15) is 45.4 Å². The Kier molecular flexibility index (Phi) is 7.22. The fraction of sp³-hybridized carbons (Fsp3) is 0.762. The van der Waals surface area contributed by atoms with E-state index in [0.717, 1.165) is 58.3 Å². The fourth-order valence-corrected chi connectivity index (χ4v) is 5.17. The molecule has 0 radical (unpaired) electrons. The summed E-state index contributed by atoms with van der Waals surface area (Å²) in [4.78, 5) is 30.5. The van der Waals surface area contributed by atoms with Gasteiger partial charge in [0.1, 0.15) is 5.54 Å². The van der Waals surface area contributed by atoms with Gasteiger partial charge in [-0.1, -0.05) is 6.92 Å². The Balaban J connectivity index is 0.00000240. The third-order valence-electron chi connectivity index (χ3n) is 6.87. The molecule has 1 aromatic rings. The molecule has 3 fully saturated rings. The second-order valence-corrected chi connectivity index (χ2v) is 8.83. The lowest BCUT2D eigenvalue weighted by molar-refractivity contribution is -0.148. The molecule has 4 rings (SSSR count). The number of amides is 2. The number of nitrogens with one attached hydrogen (secondary N) is 1. The molecule has 0 bridgehead atoms. The molecule has 4 heterocycles. The van der Waals surface area contributed by atoms with Gasteiger partial charge >= 0.3 is 0 Å². The molecule has 3 aliphatic rings. The summed E-state index contributed by atoms with van der Waals surface area (Å²) in [6.45, 7) is 7.03. The zero-order valence-electron chi connectivity index (χ0n) is 17.4. The van der Waals surface area contributed by atoms with E-state index in [0.29, 0.717) is 24.9 Å². The zero-order valence-corrected chi connectivity index (χ0v) is 18.2. The maximum atomic E-state index is 13.5. The number of hydrogen-bond donors (Lipinski definition) is 1. The van der Waals surface area contributed by atoms with Crippen molar-refractivity contribution in [3.63, 3.8) is 0 Å². The van der Waals surface area contributed by atoms with Crippen molar-refractivity contribution in [2.24, 2.45) is 11.8 Å². The summed E-state index contributed by atoms with van der Waals surface area (Å²) in [6, 6.07) is 1.89. The Labute approximate surface area is 179 Å². The van der Waals surface area contributed by atoms with E-state index in [4.69, 9.17) is 0 Å². The Morgan fingerprint density at radius 3 is 2.41 bits per heavy atom. The Morgan fingerprint density at radius 1 is 1.07 bits per heavy atom. The first-order chi connectivity index (χ1) is 13.6. The van der Waals surface area contributed by atoms with E-state index in [1.165, 1.54) is 6.42 Å². The molecule has 8 heteroatoms. The highest BCUT2D eigenvalue weighted by Crippen LogP contribution is 2.32. The summed E-state index contributed by atoms with van der Waals surface area (Å²) < 4.78 is 1.86. The minimum absolute atomic E-state index is 0. The van der Waals surface area contributed by atoms with Gasteiger partial charge in [0.15, 0.2) is 0 Å². The van der Waals surface area contributed by atoms with Crippen LogP contribution in [0.4, 0.5) is 0 Å². The van der Waals surface area contributed by atoms with Gasteiger partial charge in [-0.2, -0.15) is 5.10 Å². The van der Waals surface area contributed by atoms with Crippen molar-refractivity contribution in [1.29, 1.82) is 0 Å². The summed E-state index contributed by atoms with van der Waals surface area (Å²) in [5.74, 6) is 1.16. The molecule has 162 valence electrons. The number of nitrogens with zero attached hydrogens (tertiary/aromatic N) is 4. The van der Waals surface area contributed by atoms with Gasteiger partial charge in [-0.15, -0.1) is 12.4 Å². The Bertz CT molecular complexity index is 681. The first kappa shape index (κ1) is 22.1. The van der Waals surface area contributed by atoms with Gasteiger partial charge in [-0.3, -0.25) is 14.3 Å². The molecule has 0 aliphatic carbocycles. The quantitative estimate of drug-likeness (QED) is 0.805. The summed E-state index contributed by atoms with van der Waals surface area (Å²) in [5.41, 5.74) is -0.575. The van der Waals surface area contributed by atoms with Crippen LogP contribution in [-0.4, -0.2) is 70.7 Å². The van der Waals surface area contributed by atoms with Crippen molar-refractivity contribution in [3.8, 4) is 0 Å². The molecule has 1 aromatic heterocycles. The molecule has 1 unspecified atom stereocenters. The van der Waals surface area contributed by atoms with Crippen molar-refractivity contribution in [3.05, 3.63) is 18.5 Å². The third-order valence-corrected chi connectivity index (χ3v) is 6.87. The first-order valence-corrected chi connectivity index (χ1v) is 10.9. The van der Waals surface area contributed by atoms with E-state index in [-0.39, 0.29) is 24.2 Å². The number of aromatic nitrogens is 2. The molecule has 3 aliphatic heterocycles. The smallest absolute Gasteiger partial charge is 0.250 e. The standard InChI is InChI=1S/C21H33N5O2.ClH/c1-17-4-2-12-25(16-17)19(27)18-5-14-24(15-6-18)20(28)21(7-10-22-11-8-21)26-13-3-9-23-26;/h3,9,13,17-18,22H,2,4-8,10-12,14-16H2,1H3;1H. The number of rotatable bonds is 3. The molecular formula is C21H34ClN5O2. The number of halogens is 1. The molecule has 2 amide bonds. The van der Waals surface area contributed by atoms with E-state index in [9.17, 15) is 9.59 Å². The normalized spacial score (nSPS) is 25.3. The third kappa shape index (κ3) is 4.45. The average molecular weight is 424 g/mol. The monoisotopic (exact) mass is 423 g/mol. The van der Waals surface area contributed by atoms with Gasteiger partial charge < -0.3 is 15.1 Å². The molecule has 0 saturated carbocycles. The maximum absolute atomic E-state index is 13.5. The van der Waals surface area contributed by atoms with E-state index in [1.807, 2.05) is 21.8 Å². The minimum Gasteiger partial charge on any atom is -0.342 e. The summed E-state index contributed by atoms with van der Waals surface area (Å²) >= 11 is 0. The van der Waals surface area contributed by atoms with Crippen LogP contribution in [0, 0.1) is 11.8 Å². The molecule has 1 N–H and O–H groups in total. The molecule has 7 nitrogen and oxygen atoms in total. The SMILES string of the molecule is CC1CCCN(C(=O)C2CCN(C(=O)C3(n4cccn4)CCNCC3)CC2)C1.Cl. The van der Waals surface area contributed by atoms with Crippen molar-refractivity contribution in [1.82, 2.24) is 24.9 Å². The molecule has 3 saturated heterocycles. The van der Waals surface area contributed by atoms with E-state index < -0.39 is 5.54 Å². The van der Waals surface area contributed by atoms with Crippen LogP contribution in [0.3, 0.4) is 0 Å². The number of piperidine rings is 3. The molecule has 1 atom stereocenters. The minimum atomic E-state index is -0.575. The lowest BCUT2D eigenvalue weighted by Gasteiger charge is -2.43. The van der Waals surface area contributed by atoms with Crippen molar-refractivity contribution < 1.29 is 9.59 Å². The van der Waals surface area contributed by atoms with Crippen LogP contribution in [0.2, 0.25) is 0 Å². The highest BCUT2D eigenvalue weighted by atomic mass is 35.5. The first-order valence-electron chi connectivity index (χ1n) is 10.9. The van der Waals surface area contributed by atoms with Crippen LogP contribution in [0.15, 0.2) is 18.5 Å². The van der Waals surface area contributed by atoms with Gasteiger partial charge in [0.25, 0.3) is 5.91 Å². The fourth-order valence-electron chi connectivity index (χ4n) is 5.17. The lowest BCUT2D eigenvalue weighted by Crippen LogP contribution is -2.57. The topological polar surface area (TPSA) is 70.5 Å². The van der Waals surface area contributed by atoms with E-state index in [2.05, 4.69) is 22.2 Å². The highest BCUT2D eigenvalue weighted by Gasteiger charge is 2.45. The van der Waals surface area contributed by atoms with Crippen molar-refractivity contribution in [2.75, 3.05) is 39.3 Å². The van der Waals surface area contributed by atoms with Gasteiger partial charge in [0.2, 0.25) is 5.91 Å². The van der Waals surface area contributed by atoms with Gasteiger partial charge in [0, 0.05) is 44.5 Å².